The number of hydrogen-bond donors (Lipinski definition) is 2. The summed E-state index contributed by atoms with van der Waals surface area (Å²) in [5, 5.41) is 8.97. The molecule has 0 atom stereocenters. The minimum atomic E-state index is -0.786. The number of aromatic hydroxyl groups is 1. The largest absolute Gasteiger partial charge is 0.508 e. The van der Waals surface area contributed by atoms with Gasteiger partial charge in [0.1, 0.15) is 11.6 Å². The molecule has 1 amide bonds. The zero-order chi connectivity index (χ0) is 12.1. The summed E-state index contributed by atoms with van der Waals surface area (Å²) in [6, 6.07) is 3.30. The van der Waals surface area contributed by atoms with Crippen molar-refractivity contribution in [2.45, 2.75) is 13.8 Å². The molecule has 0 bridgehead atoms. The van der Waals surface area contributed by atoms with Gasteiger partial charge < -0.3 is 5.11 Å². The van der Waals surface area contributed by atoms with Gasteiger partial charge in [0.25, 0.3) is 5.91 Å². The lowest BCUT2D eigenvalue weighted by atomic mass is 10.2. The highest BCUT2D eigenvalue weighted by Gasteiger charge is 2.12. The molecule has 1 aromatic carbocycles. The fourth-order valence-electron chi connectivity index (χ4n) is 1.02. The van der Waals surface area contributed by atoms with Crippen molar-refractivity contribution in [3.8, 4) is 5.75 Å². The number of carbonyl (C=O) groups is 1. The van der Waals surface area contributed by atoms with Gasteiger partial charge >= 0.3 is 0 Å². The lowest BCUT2D eigenvalue weighted by molar-refractivity contribution is 0.0205. The first-order valence-electron chi connectivity index (χ1n) is 4.91. The molecule has 1 aromatic rings. The number of phenols is 1. The quantitative estimate of drug-likeness (QED) is 0.772. The average molecular weight is 227 g/mol. The summed E-state index contributed by atoms with van der Waals surface area (Å²) in [5.74, 6) is -1.41. The van der Waals surface area contributed by atoms with E-state index in [-0.39, 0.29) is 17.2 Å². The third-order valence-electron chi connectivity index (χ3n) is 1.78. The van der Waals surface area contributed by atoms with Gasteiger partial charge in [-0.15, -0.1) is 0 Å². The summed E-state index contributed by atoms with van der Waals surface area (Å²) < 4.78 is 13.2. The number of phenolic OH excluding ortho intramolecular Hbond substituents is 1. The number of nitrogens with one attached hydrogen (secondary N) is 1. The Labute approximate surface area is 93.0 Å². The van der Waals surface area contributed by atoms with Crippen LogP contribution in [0.25, 0.3) is 0 Å². The lowest BCUT2D eigenvalue weighted by Gasteiger charge is -2.08. The monoisotopic (exact) mass is 227 g/mol. The second-order valence-corrected chi connectivity index (χ2v) is 3.80. The molecule has 16 heavy (non-hydrogen) atoms. The van der Waals surface area contributed by atoms with Crippen molar-refractivity contribution >= 4 is 5.91 Å². The molecular weight excluding hydrogens is 213 g/mol. The number of hydrogen-bond acceptors (Lipinski definition) is 3. The molecule has 0 aromatic heterocycles. The third-order valence-corrected chi connectivity index (χ3v) is 1.78. The molecule has 0 saturated heterocycles. The number of halogens is 1. The highest BCUT2D eigenvalue weighted by molar-refractivity contribution is 5.93. The Bertz CT molecular complexity index is 379. The maximum absolute atomic E-state index is 13.2. The van der Waals surface area contributed by atoms with Crippen LogP contribution < -0.4 is 5.48 Å². The molecule has 0 fully saturated rings. The molecule has 0 heterocycles. The van der Waals surface area contributed by atoms with Crippen molar-refractivity contribution in [1.29, 1.82) is 0 Å². The maximum atomic E-state index is 13.2. The van der Waals surface area contributed by atoms with E-state index in [0.29, 0.717) is 6.61 Å². The number of amides is 1. The van der Waals surface area contributed by atoms with Gasteiger partial charge in [-0.3, -0.25) is 9.63 Å². The van der Waals surface area contributed by atoms with Crippen molar-refractivity contribution in [1.82, 2.24) is 5.48 Å². The van der Waals surface area contributed by atoms with Gasteiger partial charge in [0, 0.05) is 6.07 Å². The molecule has 0 aliphatic carbocycles. The fourth-order valence-corrected chi connectivity index (χ4v) is 1.02. The predicted molar refractivity (Wildman–Crippen MR) is 56.3 cm³/mol. The van der Waals surface area contributed by atoms with Gasteiger partial charge in [0.15, 0.2) is 0 Å². The van der Waals surface area contributed by atoms with E-state index in [9.17, 15) is 9.18 Å². The Morgan fingerprint density at radius 3 is 2.81 bits per heavy atom. The minimum Gasteiger partial charge on any atom is -0.508 e. The van der Waals surface area contributed by atoms with E-state index in [1.54, 1.807) is 0 Å². The number of rotatable bonds is 4. The first kappa shape index (κ1) is 12.4. The molecule has 0 radical (unpaired) electrons. The second kappa shape index (κ2) is 5.46. The molecule has 0 aliphatic rings. The van der Waals surface area contributed by atoms with Crippen LogP contribution in [0.4, 0.5) is 4.39 Å². The summed E-state index contributed by atoms with van der Waals surface area (Å²) in [4.78, 5) is 16.3. The molecule has 1 rings (SSSR count). The van der Waals surface area contributed by atoms with Crippen LogP contribution in [0, 0.1) is 11.7 Å². The summed E-state index contributed by atoms with van der Waals surface area (Å²) >= 11 is 0. The smallest absolute Gasteiger partial charge is 0.277 e. The Kier molecular flexibility index (Phi) is 4.25. The fraction of sp³-hybridized carbons (Fsp3) is 0.364. The molecule has 0 spiro atoms. The Morgan fingerprint density at radius 1 is 1.56 bits per heavy atom. The summed E-state index contributed by atoms with van der Waals surface area (Å²) in [6.07, 6.45) is 0. The standard InChI is InChI=1S/C11H14FNO3/c1-7(2)6-16-13-11(15)9-4-3-8(14)5-10(9)12/h3-5,7,14H,6H2,1-2H3,(H,13,15). The van der Waals surface area contributed by atoms with Crippen molar-refractivity contribution < 1.29 is 19.1 Å². The third kappa shape index (κ3) is 3.51. The first-order chi connectivity index (χ1) is 7.50. The Balaban J connectivity index is 2.59. The lowest BCUT2D eigenvalue weighted by Crippen LogP contribution is -2.26. The highest BCUT2D eigenvalue weighted by atomic mass is 19.1. The topological polar surface area (TPSA) is 58.6 Å². The van der Waals surface area contributed by atoms with Gasteiger partial charge in [-0.05, 0) is 18.1 Å². The number of carbonyl (C=O) groups excluding carboxylic acids is 1. The van der Waals surface area contributed by atoms with E-state index < -0.39 is 11.7 Å². The van der Waals surface area contributed by atoms with Gasteiger partial charge in [-0.1, -0.05) is 13.8 Å². The normalized spacial score (nSPS) is 10.5. The zero-order valence-electron chi connectivity index (χ0n) is 9.16. The zero-order valence-corrected chi connectivity index (χ0v) is 9.16. The second-order valence-electron chi connectivity index (χ2n) is 3.80. The predicted octanol–water partition coefficient (Wildman–Crippen LogP) is 1.85. The van der Waals surface area contributed by atoms with E-state index in [4.69, 9.17) is 9.94 Å². The van der Waals surface area contributed by atoms with Crippen molar-refractivity contribution in [3.05, 3.63) is 29.6 Å². The van der Waals surface area contributed by atoms with Gasteiger partial charge in [0.2, 0.25) is 0 Å². The molecule has 0 unspecified atom stereocenters. The molecule has 5 heteroatoms. The van der Waals surface area contributed by atoms with Crippen LogP contribution in [0.3, 0.4) is 0 Å². The SMILES string of the molecule is CC(C)CONC(=O)c1ccc(O)cc1F. The van der Waals surface area contributed by atoms with E-state index in [1.807, 2.05) is 13.8 Å². The van der Waals surface area contributed by atoms with E-state index in [2.05, 4.69) is 5.48 Å². The van der Waals surface area contributed by atoms with Crippen molar-refractivity contribution in [3.63, 3.8) is 0 Å². The van der Waals surface area contributed by atoms with Crippen LogP contribution in [0.15, 0.2) is 18.2 Å². The summed E-state index contributed by atoms with van der Waals surface area (Å²) in [5.41, 5.74) is 1.96. The Morgan fingerprint density at radius 2 is 2.25 bits per heavy atom. The Hall–Kier alpha value is -1.62. The van der Waals surface area contributed by atoms with Crippen LogP contribution in [0.1, 0.15) is 24.2 Å². The number of hydroxylamine groups is 1. The van der Waals surface area contributed by atoms with Gasteiger partial charge in [-0.2, -0.15) is 0 Å². The summed E-state index contributed by atoms with van der Waals surface area (Å²) in [6.45, 7) is 4.20. The molecule has 88 valence electrons. The highest BCUT2D eigenvalue weighted by Crippen LogP contribution is 2.14. The van der Waals surface area contributed by atoms with Gasteiger partial charge in [-0.25, -0.2) is 9.87 Å². The van der Waals surface area contributed by atoms with Crippen LogP contribution in [0.5, 0.6) is 5.75 Å². The van der Waals surface area contributed by atoms with Crippen LogP contribution >= 0.6 is 0 Å². The first-order valence-corrected chi connectivity index (χ1v) is 4.91. The van der Waals surface area contributed by atoms with Crippen molar-refractivity contribution in [2.24, 2.45) is 5.92 Å². The summed E-state index contributed by atoms with van der Waals surface area (Å²) in [7, 11) is 0. The van der Waals surface area contributed by atoms with E-state index in [0.717, 1.165) is 6.07 Å². The molecule has 2 N–H and O–H groups in total. The van der Waals surface area contributed by atoms with E-state index >= 15 is 0 Å². The molecule has 4 nitrogen and oxygen atoms in total. The molecule has 0 aliphatic heterocycles. The average Bonchev–Trinajstić information content (AvgIpc) is 2.16. The van der Waals surface area contributed by atoms with Gasteiger partial charge in [0.05, 0.1) is 12.2 Å². The van der Waals surface area contributed by atoms with Crippen LogP contribution in [-0.4, -0.2) is 17.6 Å². The van der Waals surface area contributed by atoms with Crippen LogP contribution in [0.2, 0.25) is 0 Å². The minimum absolute atomic E-state index is 0.165. The molecular formula is C11H14FNO3. The maximum Gasteiger partial charge on any atom is 0.277 e. The number of benzene rings is 1. The van der Waals surface area contributed by atoms with E-state index in [1.165, 1.54) is 12.1 Å². The van der Waals surface area contributed by atoms with Crippen molar-refractivity contribution in [2.75, 3.05) is 6.61 Å². The molecule has 0 saturated carbocycles. The van der Waals surface area contributed by atoms with Crippen LogP contribution in [-0.2, 0) is 4.84 Å².